The quantitative estimate of drug-likeness (QED) is 0.672. The fraction of sp³-hybridized carbons (Fsp3) is 0.647. The topological polar surface area (TPSA) is 21.3 Å². The minimum Gasteiger partial charge on any atom is -0.415 e. The molecule has 126 valence electrons. The van der Waals surface area contributed by atoms with Crippen LogP contribution in [0, 0.1) is 0 Å². The fourth-order valence-electron chi connectivity index (χ4n) is 2.58. The van der Waals surface area contributed by atoms with Crippen molar-refractivity contribution >= 4 is 36.7 Å². The lowest BCUT2D eigenvalue weighted by atomic mass is 9.91. The number of nitrogens with one attached hydrogen (secondary N) is 1. The van der Waals surface area contributed by atoms with E-state index in [1.807, 2.05) is 0 Å². The van der Waals surface area contributed by atoms with E-state index in [1.54, 1.807) is 0 Å². The first-order valence-electron chi connectivity index (χ1n) is 7.79. The highest BCUT2D eigenvalue weighted by Gasteiger charge is 2.38. The number of halogens is 2. The molecule has 2 rings (SSSR count). The van der Waals surface area contributed by atoms with Gasteiger partial charge in [0.25, 0.3) is 0 Å². The van der Waals surface area contributed by atoms with E-state index in [-0.39, 0.29) is 17.4 Å². The van der Waals surface area contributed by atoms with E-state index in [0.29, 0.717) is 12.1 Å². The predicted molar refractivity (Wildman–Crippen MR) is 104 cm³/mol. The van der Waals surface area contributed by atoms with Crippen LogP contribution in [0.2, 0.25) is 18.1 Å². The molecule has 0 aliphatic carbocycles. The molecular formula is C17H29BrClNOSi. The molecule has 1 aliphatic rings. The largest absolute Gasteiger partial charge is 0.415 e. The van der Waals surface area contributed by atoms with Crippen molar-refractivity contribution in [3.8, 4) is 0 Å². The zero-order valence-electron chi connectivity index (χ0n) is 14.5. The third-order valence-electron chi connectivity index (χ3n) is 5.01. The standard InChI is InChI=1S/C17H28BrNOSi.ClH/c1-12-14-8-7-9-16(18)15(14)10-13(19-12)11-20-21(5,6)17(2,3)4;/h7-9,12-13,19H,10-11H2,1-6H3;1H/t12-,13+;/m0./s1. The van der Waals surface area contributed by atoms with Crippen LogP contribution in [0.1, 0.15) is 44.9 Å². The molecular weight excluding hydrogens is 378 g/mol. The van der Waals surface area contributed by atoms with Crippen LogP contribution in [0.5, 0.6) is 0 Å². The summed E-state index contributed by atoms with van der Waals surface area (Å²) >= 11 is 3.70. The van der Waals surface area contributed by atoms with E-state index in [1.165, 1.54) is 15.6 Å². The highest BCUT2D eigenvalue weighted by molar-refractivity contribution is 9.10. The molecule has 22 heavy (non-hydrogen) atoms. The second kappa shape index (κ2) is 7.35. The van der Waals surface area contributed by atoms with Gasteiger partial charge in [-0.25, -0.2) is 0 Å². The third-order valence-corrected chi connectivity index (χ3v) is 10.3. The summed E-state index contributed by atoms with van der Waals surface area (Å²) in [5.74, 6) is 0. The van der Waals surface area contributed by atoms with Gasteiger partial charge in [-0.1, -0.05) is 48.8 Å². The Morgan fingerprint density at radius 2 is 1.95 bits per heavy atom. The second-order valence-electron chi connectivity index (χ2n) is 7.67. The van der Waals surface area contributed by atoms with Crippen molar-refractivity contribution in [2.24, 2.45) is 0 Å². The molecule has 0 amide bonds. The highest BCUT2D eigenvalue weighted by atomic mass is 79.9. The minimum absolute atomic E-state index is 0. The monoisotopic (exact) mass is 405 g/mol. The number of hydrogen-bond acceptors (Lipinski definition) is 2. The van der Waals surface area contributed by atoms with Crippen LogP contribution in [-0.2, 0) is 10.8 Å². The summed E-state index contributed by atoms with van der Waals surface area (Å²) in [5.41, 5.74) is 2.85. The summed E-state index contributed by atoms with van der Waals surface area (Å²) < 4.78 is 7.63. The molecule has 0 fully saturated rings. The summed E-state index contributed by atoms with van der Waals surface area (Å²) in [6, 6.07) is 7.28. The smallest absolute Gasteiger partial charge is 0.192 e. The molecule has 1 N–H and O–H groups in total. The Hall–Kier alpha value is 0.127. The van der Waals surface area contributed by atoms with Crippen molar-refractivity contribution in [3.05, 3.63) is 33.8 Å². The Bertz CT molecular complexity index is 516. The SMILES string of the molecule is C[C@@H]1N[C@@H](CO[Si](C)(C)C(C)(C)C)Cc2c(Br)cccc21.Cl. The van der Waals surface area contributed by atoms with Gasteiger partial charge >= 0.3 is 0 Å². The van der Waals surface area contributed by atoms with Gasteiger partial charge in [0.2, 0.25) is 0 Å². The van der Waals surface area contributed by atoms with Crippen molar-refractivity contribution < 1.29 is 4.43 Å². The highest BCUT2D eigenvalue weighted by Crippen LogP contribution is 2.37. The van der Waals surface area contributed by atoms with Gasteiger partial charge in [0.05, 0.1) is 0 Å². The van der Waals surface area contributed by atoms with Gasteiger partial charge < -0.3 is 9.74 Å². The van der Waals surface area contributed by atoms with Crippen molar-refractivity contribution in [2.45, 2.75) is 64.3 Å². The molecule has 0 bridgehead atoms. The normalized spacial score (nSPS) is 22.0. The van der Waals surface area contributed by atoms with Crippen molar-refractivity contribution in [2.75, 3.05) is 6.61 Å². The van der Waals surface area contributed by atoms with Crippen LogP contribution in [0.15, 0.2) is 22.7 Å². The molecule has 1 aromatic carbocycles. The average molecular weight is 407 g/mol. The summed E-state index contributed by atoms with van der Waals surface area (Å²) in [7, 11) is -1.67. The summed E-state index contributed by atoms with van der Waals surface area (Å²) in [6.07, 6.45) is 1.04. The maximum atomic E-state index is 6.40. The van der Waals surface area contributed by atoms with E-state index in [9.17, 15) is 0 Å². The first-order chi connectivity index (χ1) is 9.62. The number of rotatable bonds is 3. The molecule has 1 aliphatic heterocycles. The summed E-state index contributed by atoms with van der Waals surface area (Å²) in [5, 5.41) is 3.97. The average Bonchev–Trinajstić information content (AvgIpc) is 2.36. The number of benzene rings is 1. The van der Waals surface area contributed by atoms with Gasteiger partial charge in [-0.05, 0) is 48.7 Å². The Labute approximate surface area is 151 Å². The molecule has 2 atom stereocenters. The minimum atomic E-state index is -1.67. The maximum Gasteiger partial charge on any atom is 0.192 e. The van der Waals surface area contributed by atoms with Gasteiger partial charge in [-0.15, -0.1) is 12.4 Å². The lowest BCUT2D eigenvalue weighted by Crippen LogP contribution is -2.47. The Kier molecular flexibility index (Phi) is 6.74. The Balaban J connectivity index is 0.00000242. The molecule has 0 spiro atoms. The second-order valence-corrected chi connectivity index (χ2v) is 13.3. The van der Waals surface area contributed by atoms with Gasteiger partial charge in [-0.3, -0.25) is 0 Å². The van der Waals surface area contributed by atoms with Gasteiger partial charge in [0, 0.05) is 23.2 Å². The lowest BCUT2D eigenvalue weighted by molar-refractivity contribution is 0.226. The van der Waals surface area contributed by atoms with Crippen molar-refractivity contribution in [1.29, 1.82) is 0 Å². The van der Waals surface area contributed by atoms with E-state index in [2.05, 4.69) is 80.2 Å². The van der Waals surface area contributed by atoms with E-state index < -0.39 is 8.32 Å². The molecule has 0 saturated carbocycles. The molecule has 1 aromatic rings. The van der Waals surface area contributed by atoms with Crippen LogP contribution < -0.4 is 5.32 Å². The lowest BCUT2D eigenvalue weighted by Gasteiger charge is -2.39. The molecule has 0 saturated heterocycles. The zero-order chi connectivity index (χ0) is 15.8. The maximum absolute atomic E-state index is 6.40. The van der Waals surface area contributed by atoms with Crippen LogP contribution in [0.4, 0.5) is 0 Å². The molecule has 5 heteroatoms. The third kappa shape index (κ3) is 4.35. The van der Waals surface area contributed by atoms with Crippen LogP contribution in [0.3, 0.4) is 0 Å². The Morgan fingerprint density at radius 1 is 1.32 bits per heavy atom. The van der Waals surface area contributed by atoms with Crippen LogP contribution in [-0.4, -0.2) is 21.0 Å². The van der Waals surface area contributed by atoms with E-state index >= 15 is 0 Å². The molecule has 2 nitrogen and oxygen atoms in total. The van der Waals surface area contributed by atoms with Gasteiger partial charge in [0.15, 0.2) is 8.32 Å². The van der Waals surface area contributed by atoms with Gasteiger partial charge in [-0.2, -0.15) is 0 Å². The van der Waals surface area contributed by atoms with Crippen molar-refractivity contribution in [1.82, 2.24) is 5.32 Å². The first-order valence-corrected chi connectivity index (χ1v) is 11.5. The fourth-order valence-corrected chi connectivity index (χ4v) is 4.17. The molecule has 0 radical (unpaired) electrons. The summed E-state index contributed by atoms with van der Waals surface area (Å²) in [6.45, 7) is 14.6. The predicted octanol–water partition coefficient (Wildman–Crippen LogP) is 5.47. The molecule has 1 heterocycles. The van der Waals surface area contributed by atoms with Gasteiger partial charge in [0.1, 0.15) is 0 Å². The zero-order valence-corrected chi connectivity index (χ0v) is 17.9. The molecule has 0 aromatic heterocycles. The van der Waals surface area contributed by atoms with Crippen molar-refractivity contribution in [3.63, 3.8) is 0 Å². The van der Waals surface area contributed by atoms with E-state index in [4.69, 9.17) is 4.43 Å². The van der Waals surface area contributed by atoms with Crippen LogP contribution in [0.25, 0.3) is 0 Å². The van der Waals surface area contributed by atoms with E-state index in [0.717, 1.165) is 13.0 Å². The summed E-state index contributed by atoms with van der Waals surface area (Å²) in [4.78, 5) is 0. The number of fused-ring (bicyclic) bond motifs is 1. The van der Waals surface area contributed by atoms with Crippen LogP contribution >= 0.6 is 28.3 Å². The number of hydrogen-bond donors (Lipinski definition) is 1. The Morgan fingerprint density at radius 3 is 2.55 bits per heavy atom. The first kappa shape index (κ1) is 20.2. The molecule has 0 unspecified atom stereocenters.